The van der Waals surface area contributed by atoms with Crippen molar-refractivity contribution in [3.8, 4) is 0 Å². The summed E-state index contributed by atoms with van der Waals surface area (Å²) >= 11 is 3.18. The summed E-state index contributed by atoms with van der Waals surface area (Å²) in [5, 5.41) is 2.92. The Labute approximate surface area is 133 Å². The van der Waals surface area contributed by atoms with Crippen molar-refractivity contribution in [2.75, 3.05) is 18.4 Å². The van der Waals surface area contributed by atoms with E-state index in [1.165, 1.54) is 17.4 Å². The third-order valence-corrected chi connectivity index (χ3v) is 5.78. The van der Waals surface area contributed by atoms with Crippen molar-refractivity contribution in [3.63, 3.8) is 0 Å². The quantitative estimate of drug-likeness (QED) is 0.876. The summed E-state index contributed by atoms with van der Waals surface area (Å²) in [5.41, 5.74) is 1.53. The van der Waals surface area contributed by atoms with Gasteiger partial charge in [-0.1, -0.05) is 18.2 Å². The Morgan fingerprint density at radius 1 is 1.33 bits per heavy atom. The van der Waals surface area contributed by atoms with Crippen molar-refractivity contribution >= 4 is 31.6 Å². The minimum absolute atomic E-state index is 0.124. The van der Waals surface area contributed by atoms with E-state index in [4.69, 9.17) is 4.42 Å². The Morgan fingerprint density at radius 2 is 2.00 bits per heavy atom. The van der Waals surface area contributed by atoms with Crippen molar-refractivity contribution in [2.24, 2.45) is 0 Å². The molecule has 0 unspecified atom stereocenters. The first-order chi connectivity index (χ1) is 9.87. The van der Waals surface area contributed by atoms with Crippen LogP contribution in [0.1, 0.15) is 11.3 Å². The van der Waals surface area contributed by atoms with Gasteiger partial charge in [-0.05, 0) is 41.5 Å². The molecule has 0 amide bonds. The van der Waals surface area contributed by atoms with Gasteiger partial charge < -0.3 is 9.73 Å². The van der Waals surface area contributed by atoms with Gasteiger partial charge in [0.25, 0.3) is 10.0 Å². The highest BCUT2D eigenvalue weighted by Crippen LogP contribution is 2.31. The van der Waals surface area contributed by atoms with Gasteiger partial charge in [0.15, 0.2) is 4.67 Å². The van der Waals surface area contributed by atoms with Crippen LogP contribution in [0.15, 0.2) is 44.3 Å². The molecule has 0 atom stereocenters. The number of benzene rings is 1. The van der Waals surface area contributed by atoms with E-state index in [0.29, 0.717) is 18.0 Å². The van der Waals surface area contributed by atoms with E-state index in [2.05, 4.69) is 21.2 Å². The first-order valence-electron chi connectivity index (χ1n) is 6.35. The van der Waals surface area contributed by atoms with Crippen molar-refractivity contribution in [3.05, 3.63) is 46.3 Å². The molecule has 1 heterocycles. The second-order valence-electron chi connectivity index (χ2n) is 4.64. The monoisotopic (exact) mass is 372 g/mol. The molecule has 5 nitrogen and oxygen atoms in total. The minimum Gasteiger partial charge on any atom is -0.451 e. The van der Waals surface area contributed by atoms with Crippen LogP contribution in [0.5, 0.6) is 0 Å². The van der Waals surface area contributed by atoms with Crippen LogP contribution in [0.4, 0.5) is 5.69 Å². The maximum atomic E-state index is 12.7. The third kappa shape index (κ3) is 3.14. The molecule has 114 valence electrons. The predicted molar refractivity (Wildman–Crippen MR) is 85.9 cm³/mol. The summed E-state index contributed by atoms with van der Waals surface area (Å²) in [4.78, 5) is 0.124. The maximum Gasteiger partial charge on any atom is 0.268 e. The van der Waals surface area contributed by atoms with E-state index in [-0.39, 0.29) is 9.56 Å². The highest BCUT2D eigenvalue weighted by atomic mass is 79.9. The van der Waals surface area contributed by atoms with Crippen LogP contribution in [0.3, 0.4) is 0 Å². The number of nitrogens with zero attached hydrogens (tertiary/aromatic N) is 1. The first kappa shape index (κ1) is 16.1. The lowest BCUT2D eigenvalue weighted by Crippen LogP contribution is -2.27. The van der Waals surface area contributed by atoms with Crippen LogP contribution in [0, 0.1) is 6.92 Å². The van der Waals surface area contributed by atoms with Crippen LogP contribution in [-0.2, 0) is 16.6 Å². The zero-order valence-electron chi connectivity index (χ0n) is 12.1. The van der Waals surface area contributed by atoms with Gasteiger partial charge in [-0.15, -0.1) is 0 Å². The number of hydrogen-bond donors (Lipinski definition) is 1. The van der Waals surface area contributed by atoms with E-state index in [9.17, 15) is 8.42 Å². The van der Waals surface area contributed by atoms with Gasteiger partial charge in [-0.3, -0.25) is 4.31 Å². The molecule has 7 heteroatoms. The van der Waals surface area contributed by atoms with E-state index in [1.807, 2.05) is 25.1 Å². The fourth-order valence-electron chi connectivity index (χ4n) is 2.03. The van der Waals surface area contributed by atoms with E-state index >= 15 is 0 Å². The molecule has 0 saturated heterocycles. The highest BCUT2D eigenvalue weighted by Gasteiger charge is 2.27. The van der Waals surface area contributed by atoms with Crippen molar-refractivity contribution in [1.82, 2.24) is 5.32 Å². The fourth-order valence-corrected chi connectivity index (χ4v) is 4.25. The summed E-state index contributed by atoms with van der Waals surface area (Å²) in [7, 11) is -0.373. The number of nitrogens with one attached hydrogen (secondary N) is 1. The first-order valence-corrected chi connectivity index (χ1v) is 8.58. The summed E-state index contributed by atoms with van der Waals surface area (Å²) in [6, 6.07) is 8.86. The van der Waals surface area contributed by atoms with E-state index in [0.717, 1.165) is 5.56 Å². The average molecular weight is 373 g/mol. The predicted octanol–water partition coefficient (Wildman–Crippen LogP) is 2.90. The number of rotatable bonds is 5. The zero-order valence-corrected chi connectivity index (χ0v) is 14.5. The Hall–Kier alpha value is -1.31. The number of anilines is 1. The lowest BCUT2D eigenvalue weighted by molar-refractivity contribution is 0.470. The molecule has 1 N–H and O–H groups in total. The SMILES string of the molecule is CNCc1cc(S(=O)(=O)N(C)c2ccccc2C)c(Br)o1. The Bertz CT molecular complexity index is 740. The van der Waals surface area contributed by atoms with Crippen LogP contribution >= 0.6 is 15.9 Å². The molecule has 2 rings (SSSR count). The molecule has 21 heavy (non-hydrogen) atoms. The van der Waals surface area contributed by atoms with Crippen LogP contribution in [0.2, 0.25) is 0 Å². The number of para-hydroxylation sites is 1. The van der Waals surface area contributed by atoms with Gasteiger partial charge in [0.1, 0.15) is 10.7 Å². The number of sulfonamides is 1. The van der Waals surface area contributed by atoms with Crippen LogP contribution in [0.25, 0.3) is 0 Å². The molecule has 0 aliphatic carbocycles. The minimum atomic E-state index is -3.68. The molecule has 0 saturated carbocycles. The van der Waals surface area contributed by atoms with E-state index < -0.39 is 10.0 Å². The average Bonchev–Trinajstić information content (AvgIpc) is 2.80. The largest absolute Gasteiger partial charge is 0.451 e. The molecule has 0 aliphatic rings. The molecule has 1 aromatic heterocycles. The second kappa shape index (κ2) is 6.21. The second-order valence-corrected chi connectivity index (χ2v) is 7.30. The standard InChI is InChI=1S/C14H17BrN2O3S/c1-10-6-4-5-7-12(10)17(3)21(18,19)13-8-11(9-16-2)20-14(13)15/h4-8,16H,9H2,1-3H3. The zero-order chi connectivity index (χ0) is 15.6. The van der Waals surface area contributed by atoms with Gasteiger partial charge in [0.2, 0.25) is 0 Å². The van der Waals surface area contributed by atoms with Crippen molar-refractivity contribution in [1.29, 1.82) is 0 Å². The summed E-state index contributed by atoms with van der Waals surface area (Å²) < 4.78 is 32.4. The van der Waals surface area contributed by atoms with Gasteiger partial charge in [0, 0.05) is 13.1 Å². The third-order valence-electron chi connectivity index (χ3n) is 3.15. The molecular formula is C14H17BrN2O3S. The van der Waals surface area contributed by atoms with Gasteiger partial charge in [-0.2, -0.15) is 0 Å². The molecule has 0 bridgehead atoms. The Kier molecular flexibility index (Phi) is 4.75. The maximum absolute atomic E-state index is 12.7. The molecular weight excluding hydrogens is 356 g/mol. The number of hydrogen-bond acceptors (Lipinski definition) is 4. The lowest BCUT2D eigenvalue weighted by Gasteiger charge is -2.20. The summed E-state index contributed by atoms with van der Waals surface area (Å²) in [6.07, 6.45) is 0. The molecule has 0 aliphatic heterocycles. The number of halogens is 1. The Balaban J connectivity index is 2.45. The molecule has 2 aromatic rings. The normalized spacial score (nSPS) is 11.6. The smallest absolute Gasteiger partial charge is 0.268 e. The summed E-state index contributed by atoms with van der Waals surface area (Å²) in [5.74, 6) is 0.557. The lowest BCUT2D eigenvalue weighted by atomic mass is 10.2. The molecule has 1 aromatic carbocycles. The highest BCUT2D eigenvalue weighted by molar-refractivity contribution is 9.10. The van der Waals surface area contributed by atoms with Crippen molar-refractivity contribution in [2.45, 2.75) is 18.4 Å². The molecule has 0 fully saturated rings. The van der Waals surface area contributed by atoms with E-state index in [1.54, 1.807) is 13.1 Å². The molecule has 0 radical (unpaired) electrons. The van der Waals surface area contributed by atoms with Crippen LogP contribution in [-0.4, -0.2) is 22.5 Å². The Morgan fingerprint density at radius 3 is 2.62 bits per heavy atom. The fraction of sp³-hybridized carbons (Fsp3) is 0.286. The number of furan rings is 1. The number of aryl methyl sites for hydroxylation is 1. The topological polar surface area (TPSA) is 62.6 Å². The van der Waals surface area contributed by atoms with Crippen LogP contribution < -0.4 is 9.62 Å². The van der Waals surface area contributed by atoms with Gasteiger partial charge in [-0.25, -0.2) is 8.42 Å². The van der Waals surface area contributed by atoms with Crippen molar-refractivity contribution < 1.29 is 12.8 Å². The molecule has 0 spiro atoms. The van der Waals surface area contributed by atoms with Gasteiger partial charge in [0.05, 0.1) is 12.2 Å². The van der Waals surface area contributed by atoms with Gasteiger partial charge >= 0.3 is 0 Å². The summed E-state index contributed by atoms with van der Waals surface area (Å²) in [6.45, 7) is 2.33.